The number of rotatable bonds is 2. The average Bonchev–Trinajstić information content (AvgIpc) is 2.64. The van der Waals surface area contributed by atoms with Crippen LogP contribution >= 0.6 is 0 Å². The maximum Gasteiger partial charge on any atom is 0.134 e. The number of hydrogen-bond acceptors (Lipinski definition) is 2. The highest BCUT2D eigenvalue weighted by atomic mass is 16.5. The van der Waals surface area contributed by atoms with Crippen molar-refractivity contribution in [1.29, 1.82) is 0 Å². The van der Waals surface area contributed by atoms with Gasteiger partial charge in [0, 0.05) is 5.56 Å². The average molecular weight is 249 g/mol. The first-order valence-corrected chi connectivity index (χ1v) is 6.31. The summed E-state index contributed by atoms with van der Waals surface area (Å²) < 4.78 is 5.72. The van der Waals surface area contributed by atoms with Crippen molar-refractivity contribution in [2.75, 3.05) is 0 Å². The van der Waals surface area contributed by atoms with E-state index in [1.54, 1.807) is 12.5 Å². The Hall–Kier alpha value is -2.48. The Balaban J connectivity index is 2.23. The van der Waals surface area contributed by atoms with E-state index in [-0.39, 0.29) is 0 Å². The van der Waals surface area contributed by atoms with E-state index in [1.807, 2.05) is 30.4 Å². The lowest BCUT2D eigenvalue weighted by Gasteiger charge is -2.13. The van der Waals surface area contributed by atoms with Gasteiger partial charge in [-0.15, -0.1) is 0 Å². The minimum Gasteiger partial charge on any atom is -0.464 e. The molecule has 0 aromatic heterocycles. The van der Waals surface area contributed by atoms with Crippen molar-refractivity contribution in [3.8, 4) is 16.9 Å². The van der Waals surface area contributed by atoms with Gasteiger partial charge in [-0.25, -0.2) is 0 Å². The Morgan fingerprint density at radius 2 is 1.95 bits per heavy atom. The summed E-state index contributed by atoms with van der Waals surface area (Å²) in [5, 5.41) is 0. The molecule has 0 radical (unpaired) electrons. The second kappa shape index (κ2) is 5.02. The quantitative estimate of drug-likeness (QED) is 0.880. The molecule has 2 heteroatoms. The minimum absolute atomic E-state index is 0.803. The lowest BCUT2D eigenvalue weighted by Crippen LogP contribution is -1.93. The van der Waals surface area contributed by atoms with Crippen molar-refractivity contribution in [3.63, 3.8) is 0 Å². The number of hydrogen-bond donors (Lipinski definition) is 1. The maximum absolute atomic E-state index is 5.72. The topological polar surface area (TPSA) is 35.2 Å². The van der Waals surface area contributed by atoms with E-state index in [1.165, 1.54) is 16.7 Å². The maximum atomic E-state index is 5.72. The third-order valence-electron chi connectivity index (χ3n) is 3.26. The van der Waals surface area contributed by atoms with Crippen LogP contribution < -0.4 is 10.5 Å². The Kier molecular flexibility index (Phi) is 3.07. The number of benzene rings is 2. The van der Waals surface area contributed by atoms with Gasteiger partial charge in [-0.1, -0.05) is 42.5 Å². The minimum atomic E-state index is 0.803. The molecule has 3 rings (SSSR count). The Bertz CT molecular complexity index is 656. The summed E-state index contributed by atoms with van der Waals surface area (Å²) in [6.07, 6.45) is 8.08. The highest BCUT2D eigenvalue weighted by molar-refractivity contribution is 5.82. The van der Waals surface area contributed by atoms with Crippen molar-refractivity contribution in [1.82, 2.24) is 0 Å². The van der Waals surface area contributed by atoms with Gasteiger partial charge in [-0.3, -0.25) is 0 Å². The van der Waals surface area contributed by atoms with Gasteiger partial charge in [0.15, 0.2) is 0 Å². The summed E-state index contributed by atoms with van der Waals surface area (Å²) in [6.45, 7) is 0. The van der Waals surface area contributed by atoms with Gasteiger partial charge >= 0.3 is 0 Å². The van der Waals surface area contributed by atoms with Gasteiger partial charge in [0.05, 0.1) is 6.26 Å². The fourth-order valence-corrected chi connectivity index (χ4v) is 2.40. The summed E-state index contributed by atoms with van der Waals surface area (Å²) in [6, 6.07) is 14.4. The molecule has 0 saturated heterocycles. The standard InChI is InChI=1S/C17H15NO/c18-11-4-7-14-6-3-9-16-17(14)15-8-2-1-5-13(15)10-12-19-16/h1-6,8-12H,7,18H2. The molecule has 2 N–H and O–H groups in total. The smallest absolute Gasteiger partial charge is 0.134 e. The monoisotopic (exact) mass is 249 g/mol. The molecule has 0 aliphatic carbocycles. The number of allylic oxidation sites excluding steroid dienone is 1. The van der Waals surface area contributed by atoms with E-state index in [9.17, 15) is 0 Å². The zero-order valence-electron chi connectivity index (χ0n) is 10.5. The van der Waals surface area contributed by atoms with Crippen molar-refractivity contribution < 1.29 is 4.74 Å². The molecular formula is C17H15NO. The number of ether oxygens (including phenoxy) is 1. The highest BCUT2D eigenvalue weighted by Gasteiger charge is 2.15. The SMILES string of the molecule is NC=CCc1cccc2c1-c1ccccc1C=CO2. The molecule has 1 heterocycles. The lowest BCUT2D eigenvalue weighted by atomic mass is 9.93. The molecule has 0 amide bonds. The van der Waals surface area contributed by atoms with Crippen LogP contribution in [0.15, 0.2) is 61.0 Å². The van der Waals surface area contributed by atoms with Crippen LogP contribution in [0.5, 0.6) is 5.75 Å². The lowest BCUT2D eigenvalue weighted by molar-refractivity contribution is 0.488. The van der Waals surface area contributed by atoms with Crippen LogP contribution in [0.3, 0.4) is 0 Å². The largest absolute Gasteiger partial charge is 0.464 e. The third kappa shape index (κ3) is 2.13. The van der Waals surface area contributed by atoms with Gasteiger partial charge < -0.3 is 10.5 Å². The number of fused-ring (bicyclic) bond motifs is 3. The molecule has 0 bridgehead atoms. The van der Waals surface area contributed by atoms with Crippen LogP contribution in [-0.4, -0.2) is 0 Å². The van der Waals surface area contributed by atoms with Gasteiger partial charge in [0.25, 0.3) is 0 Å². The van der Waals surface area contributed by atoms with Gasteiger partial charge in [-0.2, -0.15) is 0 Å². The van der Waals surface area contributed by atoms with Crippen molar-refractivity contribution in [2.45, 2.75) is 6.42 Å². The zero-order valence-corrected chi connectivity index (χ0v) is 10.5. The van der Waals surface area contributed by atoms with E-state index in [2.05, 4.69) is 24.3 Å². The van der Waals surface area contributed by atoms with Crippen LogP contribution in [0.1, 0.15) is 11.1 Å². The molecule has 2 aromatic carbocycles. The molecule has 2 aromatic rings. The molecular weight excluding hydrogens is 234 g/mol. The molecule has 94 valence electrons. The summed E-state index contributed by atoms with van der Waals surface area (Å²) in [4.78, 5) is 0. The van der Waals surface area contributed by atoms with E-state index >= 15 is 0 Å². The fraction of sp³-hybridized carbons (Fsp3) is 0.0588. The predicted octanol–water partition coefficient (Wildman–Crippen LogP) is 3.73. The van der Waals surface area contributed by atoms with Gasteiger partial charge in [0.1, 0.15) is 5.75 Å². The molecule has 0 fully saturated rings. The van der Waals surface area contributed by atoms with E-state index < -0.39 is 0 Å². The molecule has 0 unspecified atom stereocenters. The van der Waals surface area contributed by atoms with Crippen LogP contribution in [-0.2, 0) is 6.42 Å². The van der Waals surface area contributed by atoms with E-state index in [4.69, 9.17) is 10.5 Å². The molecule has 1 aliphatic rings. The summed E-state index contributed by atoms with van der Waals surface area (Å²) in [5.74, 6) is 0.893. The van der Waals surface area contributed by atoms with Crippen molar-refractivity contribution >= 4 is 6.08 Å². The normalized spacial score (nSPS) is 12.6. The summed E-state index contributed by atoms with van der Waals surface area (Å²) >= 11 is 0. The van der Waals surface area contributed by atoms with Gasteiger partial charge in [0.2, 0.25) is 0 Å². The Morgan fingerprint density at radius 3 is 2.84 bits per heavy atom. The first kappa shape index (κ1) is 11.6. The second-order valence-corrected chi connectivity index (χ2v) is 4.43. The van der Waals surface area contributed by atoms with Crippen molar-refractivity contribution in [2.24, 2.45) is 5.73 Å². The van der Waals surface area contributed by atoms with E-state index in [0.29, 0.717) is 0 Å². The molecule has 0 saturated carbocycles. The van der Waals surface area contributed by atoms with Crippen LogP contribution in [0.2, 0.25) is 0 Å². The zero-order chi connectivity index (χ0) is 13.1. The Labute approximate surface area is 112 Å². The van der Waals surface area contributed by atoms with Crippen LogP contribution in [0.25, 0.3) is 17.2 Å². The first-order valence-electron chi connectivity index (χ1n) is 6.31. The third-order valence-corrected chi connectivity index (χ3v) is 3.26. The van der Waals surface area contributed by atoms with E-state index in [0.717, 1.165) is 17.7 Å². The summed E-state index contributed by atoms with van der Waals surface area (Å²) in [7, 11) is 0. The van der Waals surface area contributed by atoms with Crippen molar-refractivity contribution in [3.05, 3.63) is 72.1 Å². The summed E-state index contributed by atoms with van der Waals surface area (Å²) in [5.41, 5.74) is 10.2. The number of nitrogens with two attached hydrogens (primary N) is 1. The predicted molar refractivity (Wildman–Crippen MR) is 78.6 cm³/mol. The highest BCUT2D eigenvalue weighted by Crippen LogP contribution is 2.38. The molecule has 19 heavy (non-hydrogen) atoms. The fourth-order valence-electron chi connectivity index (χ4n) is 2.40. The van der Waals surface area contributed by atoms with Crippen LogP contribution in [0, 0.1) is 0 Å². The molecule has 2 nitrogen and oxygen atoms in total. The van der Waals surface area contributed by atoms with Crippen LogP contribution in [0.4, 0.5) is 0 Å². The Morgan fingerprint density at radius 1 is 1.05 bits per heavy atom. The molecule has 1 aliphatic heterocycles. The molecule has 0 spiro atoms. The van der Waals surface area contributed by atoms with Gasteiger partial charge in [-0.05, 0) is 41.5 Å². The molecule has 0 atom stereocenters. The first-order chi connectivity index (χ1) is 9.40. The second-order valence-electron chi connectivity index (χ2n) is 4.43.